The van der Waals surface area contributed by atoms with E-state index in [1.807, 2.05) is 0 Å². The van der Waals surface area contributed by atoms with Crippen LogP contribution in [0.2, 0.25) is 0 Å². The number of unbranched alkanes of at least 4 members (excludes halogenated alkanes) is 9. The summed E-state index contributed by atoms with van der Waals surface area (Å²) in [5.41, 5.74) is 2.97. The molecule has 0 atom stereocenters. The van der Waals surface area contributed by atoms with Crippen molar-refractivity contribution in [2.45, 2.75) is 95.7 Å². The highest BCUT2D eigenvalue weighted by Crippen LogP contribution is 2.33. The molecule has 0 aliphatic heterocycles. The van der Waals surface area contributed by atoms with Gasteiger partial charge < -0.3 is 6.15 Å². The van der Waals surface area contributed by atoms with Gasteiger partial charge in [0.25, 0.3) is 0 Å². The monoisotopic (exact) mass is 383 g/mol. The molecule has 1 rings (SSSR count). The van der Waals surface area contributed by atoms with Gasteiger partial charge in [-0.1, -0.05) is 105 Å². The van der Waals surface area contributed by atoms with Gasteiger partial charge in [-0.15, -0.1) is 0 Å². The quantitative estimate of drug-likeness (QED) is 0.288. The van der Waals surface area contributed by atoms with Crippen LogP contribution in [-0.4, -0.2) is 0 Å². The highest BCUT2D eigenvalue weighted by atomic mass is 79.9. The van der Waals surface area contributed by atoms with Crippen LogP contribution in [0.1, 0.15) is 96.1 Å². The van der Waals surface area contributed by atoms with E-state index in [0.29, 0.717) is 0 Å². The van der Waals surface area contributed by atoms with Crippen molar-refractivity contribution in [3.63, 3.8) is 0 Å². The van der Waals surface area contributed by atoms with Crippen molar-refractivity contribution in [2.24, 2.45) is 0 Å². The van der Waals surface area contributed by atoms with Crippen LogP contribution in [0, 0.1) is 0 Å². The van der Waals surface area contributed by atoms with Crippen molar-refractivity contribution in [1.82, 2.24) is 6.15 Å². The topological polar surface area (TPSA) is 35.0 Å². The summed E-state index contributed by atoms with van der Waals surface area (Å²) in [4.78, 5) is 0. The predicted molar refractivity (Wildman–Crippen MR) is 109 cm³/mol. The summed E-state index contributed by atoms with van der Waals surface area (Å²) < 4.78 is 0.0854. The van der Waals surface area contributed by atoms with Crippen LogP contribution in [-0.2, 0) is 10.7 Å². The molecular formula is C21H38BrN. The first kappa shape index (κ1) is 22.7. The summed E-state index contributed by atoms with van der Waals surface area (Å²) >= 11 is 3.81. The van der Waals surface area contributed by atoms with Gasteiger partial charge in [0.2, 0.25) is 0 Å². The van der Waals surface area contributed by atoms with Crippen molar-refractivity contribution < 1.29 is 0 Å². The summed E-state index contributed by atoms with van der Waals surface area (Å²) in [7, 11) is 0. The molecule has 134 valence electrons. The molecule has 0 amide bonds. The number of halogens is 1. The maximum atomic E-state index is 3.81. The highest BCUT2D eigenvalue weighted by molar-refractivity contribution is 9.09. The van der Waals surface area contributed by atoms with Gasteiger partial charge >= 0.3 is 0 Å². The lowest BCUT2D eigenvalue weighted by atomic mass is 9.93. The second-order valence-electron chi connectivity index (χ2n) is 7.06. The maximum absolute atomic E-state index is 3.81. The van der Waals surface area contributed by atoms with Gasteiger partial charge in [0.1, 0.15) is 0 Å². The minimum absolute atomic E-state index is 0. The molecule has 1 nitrogen and oxygen atoms in total. The molecule has 1 aromatic carbocycles. The zero-order valence-corrected chi connectivity index (χ0v) is 17.3. The first-order chi connectivity index (χ1) is 10.6. The summed E-state index contributed by atoms with van der Waals surface area (Å²) in [6, 6.07) is 8.89. The number of rotatable bonds is 12. The van der Waals surface area contributed by atoms with E-state index in [0.717, 1.165) is 0 Å². The molecule has 3 N–H and O–H groups in total. The van der Waals surface area contributed by atoms with E-state index in [1.54, 1.807) is 0 Å². The van der Waals surface area contributed by atoms with E-state index >= 15 is 0 Å². The number of alkyl halides is 1. The second-order valence-corrected chi connectivity index (χ2v) is 9.04. The van der Waals surface area contributed by atoms with Crippen molar-refractivity contribution in [1.29, 1.82) is 0 Å². The summed E-state index contributed by atoms with van der Waals surface area (Å²) in [6.07, 6.45) is 15.3. The highest BCUT2D eigenvalue weighted by Gasteiger charge is 2.18. The number of hydrogen-bond donors (Lipinski definition) is 1. The molecular weight excluding hydrogens is 346 g/mol. The third-order valence-corrected chi connectivity index (χ3v) is 4.88. The zero-order valence-electron chi connectivity index (χ0n) is 15.7. The fourth-order valence-corrected chi connectivity index (χ4v) is 3.51. The third-order valence-electron chi connectivity index (χ3n) is 4.46. The van der Waals surface area contributed by atoms with Crippen LogP contribution in [0.15, 0.2) is 24.3 Å². The van der Waals surface area contributed by atoms with Crippen molar-refractivity contribution >= 4 is 15.9 Å². The van der Waals surface area contributed by atoms with Gasteiger partial charge in [0.15, 0.2) is 0 Å². The minimum atomic E-state index is 0. The number of aryl methyl sites for hydroxylation is 1. The Balaban J connectivity index is 0.00000484. The zero-order chi connectivity index (χ0) is 16.3. The first-order valence-corrected chi connectivity index (χ1v) is 10.1. The van der Waals surface area contributed by atoms with Gasteiger partial charge in [-0.3, -0.25) is 0 Å². The fraction of sp³-hybridized carbons (Fsp3) is 0.714. The minimum Gasteiger partial charge on any atom is -0.344 e. The van der Waals surface area contributed by atoms with Gasteiger partial charge in [0.05, 0.1) is 0 Å². The molecule has 0 spiro atoms. The lowest BCUT2D eigenvalue weighted by molar-refractivity contribution is 0.555. The van der Waals surface area contributed by atoms with Crippen LogP contribution in [0.25, 0.3) is 0 Å². The Morgan fingerprint density at radius 1 is 0.783 bits per heavy atom. The Labute approximate surface area is 153 Å². The van der Waals surface area contributed by atoms with E-state index in [4.69, 9.17) is 0 Å². The fourth-order valence-electron chi connectivity index (χ4n) is 3.12. The Hall–Kier alpha value is -0.340. The van der Waals surface area contributed by atoms with Crippen molar-refractivity contribution in [3.05, 3.63) is 35.4 Å². The lowest BCUT2D eigenvalue weighted by Crippen LogP contribution is -2.10. The molecule has 0 heterocycles. The molecule has 0 aromatic heterocycles. The van der Waals surface area contributed by atoms with E-state index in [-0.39, 0.29) is 10.5 Å². The second kappa shape index (κ2) is 13.0. The molecule has 0 unspecified atom stereocenters. The predicted octanol–water partition coefficient (Wildman–Crippen LogP) is 7.94. The molecule has 0 saturated carbocycles. The van der Waals surface area contributed by atoms with Crippen molar-refractivity contribution in [2.75, 3.05) is 0 Å². The number of hydrogen-bond acceptors (Lipinski definition) is 1. The van der Waals surface area contributed by atoms with E-state index in [2.05, 4.69) is 61.0 Å². The van der Waals surface area contributed by atoms with Crippen LogP contribution in [0.5, 0.6) is 0 Å². The van der Waals surface area contributed by atoms with Crippen LogP contribution >= 0.6 is 15.9 Å². The Morgan fingerprint density at radius 3 is 1.78 bits per heavy atom. The van der Waals surface area contributed by atoms with Gasteiger partial charge in [-0.05, 0) is 37.8 Å². The Morgan fingerprint density at radius 2 is 1.26 bits per heavy atom. The molecule has 23 heavy (non-hydrogen) atoms. The van der Waals surface area contributed by atoms with Crippen LogP contribution in [0.3, 0.4) is 0 Å². The maximum Gasteiger partial charge on any atom is 0.0452 e. The summed E-state index contributed by atoms with van der Waals surface area (Å²) in [6.45, 7) is 6.77. The average molecular weight is 384 g/mol. The number of benzene rings is 1. The lowest BCUT2D eigenvalue weighted by Gasteiger charge is -2.21. The third kappa shape index (κ3) is 10.2. The standard InChI is InChI=1S/C21H35Br.H3N/c1-4-5-6-7-8-9-10-11-12-13-16-19-17-14-15-18-20(19)21(2,3)22;/h14-15,17-18H,4-13,16H2,1-3H3;1H3. The van der Waals surface area contributed by atoms with E-state index in [9.17, 15) is 0 Å². The smallest absolute Gasteiger partial charge is 0.0452 e. The van der Waals surface area contributed by atoms with Gasteiger partial charge in [-0.25, -0.2) is 0 Å². The van der Waals surface area contributed by atoms with Crippen molar-refractivity contribution in [3.8, 4) is 0 Å². The van der Waals surface area contributed by atoms with Gasteiger partial charge in [0, 0.05) is 4.32 Å². The van der Waals surface area contributed by atoms with E-state index < -0.39 is 0 Å². The molecule has 0 aliphatic rings. The molecule has 0 bridgehead atoms. The normalized spacial score (nSPS) is 11.3. The molecule has 0 aliphatic carbocycles. The molecule has 0 fully saturated rings. The molecule has 0 saturated heterocycles. The summed E-state index contributed by atoms with van der Waals surface area (Å²) in [5.74, 6) is 0. The SMILES string of the molecule is CCCCCCCCCCCCc1ccccc1C(C)(C)Br.N. The molecule has 1 aromatic rings. The van der Waals surface area contributed by atoms with Crippen LogP contribution in [0.4, 0.5) is 0 Å². The van der Waals surface area contributed by atoms with E-state index in [1.165, 1.54) is 81.8 Å². The molecule has 0 radical (unpaired) electrons. The van der Waals surface area contributed by atoms with Crippen LogP contribution < -0.4 is 6.15 Å². The van der Waals surface area contributed by atoms with Gasteiger partial charge in [-0.2, -0.15) is 0 Å². The molecule has 2 heteroatoms. The largest absolute Gasteiger partial charge is 0.344 e. The average Bonchev–Trinajstić information content (AvgIpc) is 2.48. The Bertz CT molecular complexity index is 395. The Kier molecular flexibility index (Phi) is 12.8. The summed E-state index contributed by atoms with van der Waals surface area (Å²) in [5, 5.41) is 0. The first-order valence-electron chi connectivity index (χ1n) is 9.33.